The SMILES string of the molecule is CCS(=O)(=O)N1CCN(C(=O)C(C)Oc2ccccc2C(C)C)CC1. The van der Waals surface area contributed by atoms with Crippen molar-refractivity contribution in [1.29, 1.82) is 0 Å². The highest BCUT2D eigenvalue weighted by Gasteiger charge is 2.30. The monoisotopic (exact) mass is 368 g/mol. The lowest BCUT2D eigenvalue weighted by Crippen LogP contribution is -2.53. The molecule has 1 aromatic carbocycles. The number of ether oxygens (including phenoxy) is 1. The van der Waals surface area contributed by atoms with Crippen molar-refractivity contribution in [3.8, 4) is 5.75 Å². The van der Waals surface area contributed by atoms with E-state index in [0.29, 0.717) is 32.1 Å². The number of hydrogen-bond donors (Lipinski definition) is 0. The summed E-state index contributed by atoms with van der Waals surface area (Å²) in [5.74, 6) is 1.02. The molecule has 0 aliphatic carbocycles. The van der Waals surface area contributed by atoms with Crippen molar-refractivity contribution >= 4 is 15.9 Å². The largest absolute Gasteiger partial charge is 0.481 e. The number of amides is 1. The van der Waals surface area contributed by atoms with E-state index >= 15 is 0 Å². The predicted octanol–water partition coefficient (Wildman–Crippen LogP) is 2.07. The molecule has 1 saturated heterocycles. The van der Waals surface area contributed by atoms with E-state index in [2.05, 4.69) is 13.8 Å². The minimum Gasteiger partial charge on any atom is -0.481 e. The van der Waals surface area contributed by atoms with E-state index in [-0.39, 0.29) is 11.7 Å². The van der Waals surface area contributed by atoms with Gasteiger partial charge >= 0.3 is 0 Å². The molecule has 7 heteroatoms. The van der Waals surface area contributed by atoms with Crippen LogP contribution in [-0.4, -0.2) is 61.6 Å². The van der Waals surface area contributed by atoms with Gasteiger partial charge in [0.15, 0.2) is 6.10 Å². The second-order valence-electron chi connectivity index (χ2n) is 6.58. The molecule has 1 atom stereocenters. The Labute approximate surface area is 150 Å². The molecule has 0 bridgehead atoms. The third-order valence-corrected chi connectivity index (χ3v) is 6.38. The highest BCUT2D eigenvalue weighted by Crippen LogP contribution is 2.27. The maximum Gasteiger partial charge on any atom is 0.263 e. The standard InChI is InChI=1S/C18H28N2O4S/c1-5-25(22,23)20-12-10-19(11-13-20)18(21)15(4)24-17-9-7-6-8-16(17)14(2)3/h6-9,14-15H,5,10-13H2,1-4H3. The molecule has 6 nitrogen and oxygen atoms in total. The van der Waals surface area contributed by atoms with Gasteiger partial charge in [0.25, 0.3) is 5.91 Å². The molecular formula is C18H28N2O4S. The molecule has 1 aliphatic rings. The van der Waals surface area contributed by atoms with Crippen molar-refractivity contribution in [3.05, 3.63) is 29.8 Å². The van der Waals surface area contributed by atoms with Crippen LogP contribution in [0.15, 0.2) is 24.3 Å². The lowest BCUT2D eigenvalue weighted by molar-refractivity contribution is -0.139. The van der Waals surface area contributed by atoms with Crippen LogP contribution >= 0.6 is 0 Å². The highest BCUT2D eigenvalue weighted by molar-refractivity contribution is 7.89. The van der Waals surface area contributed by atoms with Crippen LogP contribution in [0.25, 0.3) is 0 Å². The zero-order valence-electron chi connectivity index (χ0n) is 15.4. The maximum atomic E-state index is 12.6. The molecule has 1 aromatic rings. The van der Waals surface area contributed by atoms with Gasteiger partial charge in [0, 0.05) is 26.2 Å². The number of carbonyl (C=O) groups is 1. The fourth-order valence-electron chi connectivity index (χ4n) is 2.93. The average Bonchev–Trinajstić information content (AvgIpc) is 2.61. The first-order chi connectivity index (χ1) is 11.8. The molecule has 1 fully saturated rings. The normalized spacial score (nSPS) is 17.6. The van der Waals surface area contributed by atoms with Crippen LogP contribution in [0.5, 0.6) is 5.75 Å². The number of nitrogens with zero attached hydrogens (tertiary/aromatic N) is 2. The summed E-state index contributed by atoms with van der Waals surface area (Å²) in [7, 11) is -3.19. The van der Waals surface area contributed by atoms with E-state index < -0.39 is 16.1 Å². The first-order valence-corrected chi connectivity index (χ1v) is 10.4. The van der Waals surface area contributed by atoms with Crippen LogP contribution in [-0.2, 0) is 14.8 Å². The number of carbonyl (C=O) groups excluding carboxylic acids is 1. The van der Waals surface area contributed by atoms with Gasteiger partial charge < -0.3 is 9.64 Å². The number of para-hydroxylation sites is 1. The van der Waals surface area contributed by atoms with E-state index in [1.165, 1.54) is 4.31 Å². The van der Waals surface area contributed by atoms with Crippen LogP contribution in [0.4, 0.5) is 0 Å². The Kier molecular flexibility index (Phi) is 6.46. The Bertz CT molecular complexity index is 695. The van der Waals surface area contributed by atoms with E-state index in [0.717, 1.165) is 11.3 Å². The number of hydrogen-bond acceptors (Lipinski definition) is 4. The third-order valence-electron chi connectivity index (χ3n) is 4.50. The molecule has 1 amide bonds. The molecule has 1 heterocycles. The quantitative estimate of drug-likeness (QED) is 0.771. The predicted molar refractivity (Wildman–Crippen MR) is 98.2 cm³/mol. The minimum absolute atomic E-state index is 0.0897. The summed E-state index contributed by atoms with van der Waals surface area (Å²) in [6.07, 6.45) is -0.603. The average molecular weight is 368 g/mol. The van der Waals surface area contributed by atoms with Crippen LogP contribution in [0.3, 0.4) is 0 Å². The van der Waals surface area contributed by atoms with Gasteiger partial charge in [-0.1, -0.05) is 32.0 Å². The topological polar surface area (TPSA) is 66.9 Å². The van der Waals surface area contributed by atoms with Crippen molar-refractivity contribution in [1.82, 2.24) is 9.21 Å². The van der Waals surface area contributed by atoms with E-state index in [4.69, 9.17) is 4.74 Å². The number of sulfonamides is 1. The fraction of sp³-hybridized carbons (Fsp3) is 0.611. The summed E-state index contributed by atoms with van der Waals surface area (Å²) in [6, 6.07) is 7.74. The van der Waals surface area contributed by atoms with Gasteiger partial charge in [0.1, 0.15) is 5.75 Å². The molecule has 0 N–H and O–H groups in total. The molecular weight excluding hydrogens is 340 g/mol. The smallest absolute Gasteiger partial charge is 0.263 e. The molecule has 2 rings (SSSR count). The van der Waals surface area contributed by atoms with Crippen molar-refractivity contribution < 1.29 is 17.9 Å². The Morgan fingerprint density at radius 2 is 1.72 bits per heavy atom. The number of benzene rings is 1. The Hall–Kier alpha value is -1.60. The summed E-state index contributed by atoms with van der Waals surface area (Å²) in [4.78, 5) is 14.3. The lowest BCUT2D eigenvalue weighted by atomic mass is 10.0. The van der Waals surface area contributed by atoms with Gasteiger partial charge in [-0.05, 0) is 31.4 Å². The zero-order chi connectivity index (χ0) is 18.6. The van der Waals surface area contributed by atoms with Crippen molar-refractivity contribution in [3.63, 3.8) is 0 Å². The molecule has 0 saturated carbocycles. The van der Waals surface area contributed by atoms with Gasteiger partial charge in [-0.15, -0.1) is 0 Å². The van der Waals surface area contributed by atoms with E-state index in [9.17, 15) is 13.2 Å². The van der Waals surface area contributed by atoms with Crippen LogP contribution in [0, 0.1) is 0 Å². The maximum absolute atomic E-state index is 12.6. The second kappa shape index (κ2) is 8.19. The molecule has 1 unspecified atom stereocenters. The van der Waals surface area contributed by atoms with Gasteiger partial charge in [0.05, 0.1) is 5.75 Å². The Morgan fingerprint density at radius 3 is 2.28 bits per heavy atom. The van der Waals surface area contributed by atoms with Gasteiger partial charge in [-0.2, -0.15) is 4.31 Å². The van der Waals surface area contributed by atoms with Crippen molar-refractivity contribution in [2.45, 2.75) is 39.7 Å². The lowest BCUT2D eigenvalue weighted by Gasteiger charge is -2.35. The Morgan fingerprint density at radius 1 is 1.12 bits per heavy atom. The first kappa shape index (κ1) is 19.7. The molecule has 0 spiro atoms. The summed E-state index contributed by atoms with van der Waals surface area (Å²) in [5.41, 5.74) is 1.07. The highest BCUT2D eigenvalue weighted by atomic mass is 32.2. The Balaban J connectivity index is 1.98. The van der Waals surface area contributed by atoms with Crippen LogP contribution in [0.1, 0.15) is 39.2 Å². The van der Waals surface area contributed by atoms with E-state index in [1.54, 1.807) is 18.7 Å². The van der Waals surface area contributed by atoms with E-state index in [1.807, 2.05) is 24.3 Å². The molecule has 25 heavy (non-hydrogen) atoms. The first-order valence-electron chi connectivity index (χ1n) is 8.78. The second-order valence-corrected chi connectivity index (χ2v) is 8.84. The molecule has 0 aromatic heterocycles. The third kappa shape index (κ3) is 4.73. The van der Waals surface area contributed by atoms with Crippen molar-refractivity contribution in [2.75, 3.05) is 31.9 Å². The minimum atomic E-state index is -3.19. The number of rotatable bonds is 6. The fourth-order valence-corrected chi connectivity index (χ4v) is 4.02. The summed E-state index contributed by atoms with van der Waals surface area (Å²) < 4.78 is 31.2. The van der Waals surface area contributed by atoms with Gasteiger partial charge in [-0.3, -0.25) is 4.79 Å². The van der Waals surface area contributed by atoms with Crippen LogP contribution in [0.2, 0.25) is 0 Å². The van der Waals surface area contributed by atoms with Crippen LogP contribution < -0.4 is 4.74 Å². The number of piperazine rings is 1. The molecule has 140 valence electrons. The van der Waals surface area contributed by atoms with Gasteiger partial charge in [0.2, 0.25) is 10.0 Å². The van der Waals surface area contributed by atoms with Crippen molar-refractivity contribution in [2.24, 2.45) is 0 Å². The summed E-state index contributed by atoms with van der Waals surface area (Å²) in [5, 5.41) is 0. The summed E-state index contributed by atoms with van der Waals surface area (Å²) >= 11 is 0. The van der Waals surface area contributed by atoms with Gasteiger partial charge in [-0.25, -0.2) is 8.42 Å². The summed E-state index contributed by atoms with van der Waals surface area (Å²) in [6.45, 7) is 9.04. The molecule has 0 radical (unpaired) electrons. The molecule has 1 aliphatic heterocycles. The zero-order valence-corrected chi connectivity index (χ0v) is 16.3.